The van der Waals surface area contributed by atoms with Gasteiger partial charge < -0.3 is 4.57 Å². The maximum Gasteiger partial charge on any atom is 0.291 e. The van der Waals surface area contributed by atoms with Gasteiger partial charge in [0.1, 0.15) is 0 Å². The molecule has 70 valence electrons. The molecule has 0 N–H and O–H groups in total. The molecule has 5 heteroatoms. The Morgan fingerprint density at radius 1 is 1.64 bits per heavy atom. The first-order chi connectivity index (χ1) is 6.69. The van der Waals surface area contributed by atoms with Crippen molar-refractivity contribution >= 4 is 5.69 Å². The minimum atomic E-state index is -0.514. The van der Waals surface area contributed by atoms with Crippen molar-refractivity contribution in [1.29, 1.82) is 5.26 Å². The lowest BCUT2D eigenvalue weighted by Crippen LogP contribution is -1.90. The van der Waals surface area contributed by atoms with Crippen molar-refractivity contribution in [2.24, 2.45) is 0 Å². The molecule has 1 aromatic rings. The molecule has 0 amide bonds. The van der Waals surface area contributed by atoms with Crippen LogP contribution in [-0.4, -0.2) is 9.49 Å². The number of nitriles is 1. The molecule has 1 aromatic heterocycles. The fourth-order valence-electron chi connectivity index (χ4n) is 1.13. The van der Waals surface area contributed by atoms with E-state index in [0.717, 1.165) is 0 Å². The van der Waals surface area contributed by atoms with E-state index in [4.69, 9.17) is 11.7 Å². The van der Waals surface area contributed by atoms with Crippen LogP contribution in [0.4, 0.5) is 5.69 Å². The van der Waals surface area contributed by atoms with Crippen LogP contribution >= 0.6 is 0 Å². The summed E-state index contributed by atoms with van der Waals surface area (Å²) in [5.41, 5.74) is 0.342. The Hall–Kier alpha value is -2.27. The Balaban J connectivity index is 3.08. The fourth-order valence-corrected chi connectivity index (χ4v) is 1.13. The normalized spacial score (nSPS) is 9.00. The van der Waals surface area contributed by atoms with Crippen molar-refractivity contribution in [3.63, 3.8) is 0 Å². The third kappa shape index (κ3) is 1.90. The molecule has 1 heterocycles. The second kappa shape index (κ2) is 4.11. The molecule has 0 saturated heterocycles. The number of hydrogen-bond acceptors (Lipinski definition) is 3. The van der Waals surface area contributed by atoms with Gasteiger partial charge in [-0.1, -0.05) is 5.92 Å². The summed E-state index contributed by atoms with van der Waals surface area (Å²) in [6, 6.07) is 1.87. The molecule has 5 nitrogen and oxygen atoms in total. The Morgan fingerprint density at radius 3 is 2.86 bits per heavy atom. The van der Waals surface area contributed by atoms with E-state index in [-0.39, 0.29) is 18.7 Å². The zero-order chi connectivity index (χ0) is 10.6. The lowest BCUT2D eigenvalue weighted by atomic mass is 10.2. The Labute approximate surface area is 80.7 Å². The van der Waals surface area contributed by atoms with Crippen LogP contribution in [0.1, 0.15) is 5.56 Å². The third-order valence-corrected chi connectivity index (χ3v) is 1.68. The molecule has 0 spiro atoms. The molecule has 0 saturated carbocycles. The van der Waals surface area contributed by atoms with Gasteiger partial charge >= 0.3 is 0 Å². The van der Waals surface area contributed by atoms with Gasteiger partial charge in [0.15, 0.2) is 0 Å². The van der Waals surface area contributed by atoms with E-state index in [1.807, 2.05) is 6.07 Å². The van der Waals surface area contributed by atoms with Crippen molar-refractivity contribution in [2.45, 2.75) is 13.0 Å². The first-order valence-electron chi connectivity index (χ1n) is 3.82. The predicted molar refractivity (Wildman–Crippen MR) is 49.2 cm³/mol. The van der Waals surface area contributed by atoms with Crippen LogP contribution in [-0.2, 0) is 13.0 Å². The van der Waals surface area contributed by atoms with Gasteiger partial charge in [-0.25, -0.2) is 0 Å². The summed E-state index contributed by atoms with van der Waals surface area (Å²) >= 11 is 0. The Bertz CT molecular complexity index is 434. The van der Waals surface area contributed by atoms with Crippen molar-refractivity contribution in [1.82, 2.24) is 4.57 Å². The number of rotatable bonds is 3. The maximum atomic E-state index is 10.5. The number of nitro groups is 1. The molecule has 0 unspecified atom stereocenters. The largest absolute Gasteiger partial charge is 0.336 e. The van der Waals surface area contributed by atoms with E-state index in [2.05, 4.69) is 5.92 Å². The standard InChI is InChI=1S/C9H7N3O2/c1-2-5-11-6-8(3-4-10)9(7-11)12(13)14/h1,6-7H,3,5H2. The second-order valence-corrected chi connectivity index (χ2v) is 2.64. The Kier molecular flexibility index (Phi) is 2.88. The van der Waals surface area contributed by atoms with Crippen LogP contribution < -0.4 is 0 Å². The molecule has 0 aliphatic carbocycles. The zero-order valence-corrected chi connectivity index (χ0v) is 7.30. The van der Waals surface area contributed by atoms with E-state index in [0.29, 0.717) is 5.56 Å². The number of aromatic nitrogens is 1. The third-order valence-electron chi connectivity index (χ3n) is 1.68. The van der Waals surface area contributed by atoms with Gasteiger partial charge in [0.25, 0.3) is 5.69 Å². The van der Waals surface area contributed by atoms with Gasteiger partial charge in [-0.2, -0.15) is 5.26 Å². The van der Waals surface area contributed by atoms with Gasteiger partial charge in [0, 0.05) is 6.20 Å². The van der Waals surface area contributed by atoms with Crippen LogP contribution in [0.25, 0.3) is 0 Å². The molecule has 0 aromatic carbocycles. The SMILES string of the molecule is C#CCn1cc(CC#N)c([N+](=O)[O-])c1. The van der Waals surface area contributed by atoms with Gasteiger partial charge in [-0.15, -0.1) is 6.42 Å². The second-order valence-electron chi connectivity index (χ2n) is 2.64. The van der Waals surface area contributed by atoms with Gasteiger partial charge in [-0.05, 0) is 0 Å². The first-order valence-corrected chi connectivity index (χ1v) is 3.82. The van der Waals surface area contributed by atoms with Crippen LogP contribution in [0.15, 0.2) is 12.4 Å². The summed E-state index contributed by atoms with van der Waals surface area (Å²) in [5, 5.41) is 19.0. The average Bonchev–Trinajstić information content (AvgIpc) is 2.49. The monoisotopic (exact) mass is 189 g/mol. The topological polar surface area (TPSA) is 71.9 Å². The Morgan fingerprint density at radius 2 is 2.36 bits per heavy atom. The van der Waals surface area contributed by atoms with Crippen LogP contribution in [0.5, 0.6) is 0 Å². The van der Waals surface area contributed by atoms with E-state index >= 15 is 0 Å². The molecular weight excluding hydrogens is 182 g/mol. The molecule has 14 heavy (non-hydrogen) atoms. The molecule has 0 radical (unpaired) electrons. The summed E-state index contributed by atoms with van der Waals surface area (Å²) in [6.07, 6.45) is 7.95. The predicted octanol–water partition coefficient (Wildman–Crippen LogP) is 1.10. The summed E-state index contributed by atoms with van der Waals surface area (Å²) in [7, 11) is 0. The lowest BCUT2D eigenvalue weighted by Gasteiger charge is -1.89. The summed E-state index contributed by atoms with van der Waals surface area (Å²) in [5.74, 6) is 2.36. The maximum absolute atomic E-state index is 10.5. The fraction of sp³-hybridized carbons (Fsp3) is 0.222. The van der Waals surface area contributed by atoms with Crippen molar-refractivity contribution in [3.8, 4) is 18.4 Å². The van der Waals surface area contributed by atoms with Gasteiger partial charge in [0.2, 0.25) is 0 Å². The molecule has 0 aliphatic heterocycles. The summed E-state index contributed by atoms with van der Waals surface area (Å²) < 4.78 is 1.52. The van der Waals surface area contributed by atoms with Crippen LogP contribution in [0.3, 0.4) is 0 Å². The van der Waals surface area contributed by atoms with Crippen molar-refractivity contribution in [3.05, 3.63) is 28.1 Å². The number of nitrogens with zero attached hydrogens (tertiary/aromatic N) is 3. The number of terminal acetylenes is 1. The van der Waals surface area contributed by atoms with Crippen LogP contribution in [0, 0.1) is 33.8 Å². The smallest absolute Gasteiger partial charge is 0.291 e. The van der Waals surface area contributed by atoms with Crippen molar-refractivity contribution in [2.75, 3.05) is 0 Å². The van der Waals surface area contributed by atoms with E-state index in [1.54, 1.807) is 0 Å². The summed E-state index contributed by atoms with van der Waals surface area (Å²) in [4.78, 5) is 10.0. The minimum Gasteiger partial charge on any atom is -0.336 e. The molecule has 0 aliphatic rings. The lowest BCUT2D eigenvalue weighted by molar-refractivity contribution is -0.385. The average molecular weight is 189 g/mol. The molecular formula is C9H7N3O2. The highest BCUT2D eigenvalue weighted by Gasteiger charge is 2.16. The molecule has 0 bridgehead atoms. The minimum absolute atomic E-state index is 0.0217. The highest BCUT2D eigenvalue weighted by atomic mass is 16.6. The molecule has 1 rings (SSSR count). The highest BCUT2D eigenvalue weighted by molar-refractivity contribution is 5.40. The zero-order valence-electron chi connectivity index (χ0n) is 7.30. The van der Waals surface area contributed by atoms with E-state index in [1.165, 1.54) is 17.0 Å². The highest BCUT2D eigenvalue weighted by Crippen LogP contribution is 2.19. The van der Waals surface area contributed by atoms with Gasteiger partial charge in [0.05, 0.1) is 35.7 Å². The van der Waals surface area contributed by atoms with E-state index < -0.39 is 4.92 Å². The molecule has 0 fully saturated rings. The summed E-state index contributed by atoms with van der Waals surface area (Å²) in [6.45, 7) is 0.270. The first kappa shape index (κ1) is 9.82. The quantitative estimate of drug-likeness (QED) is 0.406. The van der Waals surface area contributed by atoms with Crippen LogP contribution in [0.2, 0.25) is 0 Å². The number of hydrogen-bond donors (Lipinski definition) is 0. The molecule has 0 atom stereocenters. The van der Waals surface area contributed by atoms with Gasteiger partial charge in [-0.3, -0.25) is 10.1 Å². The van der Waals surface area contributed by atoms with E-state index in [9.17, 15) is 10.1 Å². The van der Waals surface area contributed by atoms with Crippen molar-refractivity contribution < 1.29 is 4.92 Å².